The van der Waals surface area contributed by atoms with E-state index in [9.17, 15) is 23.2 Å². The van der Waals surface area contributed by atoms with Crippen LogP contribution in [0.2, 0.25) is 0 Å². The molecule has 1 N–H and O–H groups in total. The molecule has 218 valence electrons. The van der Waals surface area contributed by atoms with Gasteiger partial charge in [-0.1, -0.05) is 35.5 Å². The van der Waals surface area contributed by atoms with E-state index in [1.807, 2.05) is 30.3 Å². The van der Waals surface area contributed by atoms with Crippen LogP contribution in [0.3, 0.4) is 0 Å². The fourth-order valence-corrected chi connectivity index (χ4v) is 4.64. The summed E-state index contributed by atoms with van der Waals surface area (Å²) in [5, 5.41) is 6.60. The molecule has 0 saturated carbocycles. The first-order valence-corrected chi connectivity index (χ1v) is 13.4. The summed E-state index contributed by atoms with van der Waals surface area (Å²) in [6.45, 7) is 6.06. The van der Waals surface area contributed by atoms with Gasteiger partial charge in [-0.05, 0) is 51.3 Å². The number of hydrogen-bond acceptors (Lipinski definition) is 6. The van der Waals surface area contributed by atoms with Crippen LogP contribution in [0, 0.1) is 17.6 Å². The standard InChI is InChI=1S/C30H34F2N4O5/c1-30(2,3)40-29(39)36-15-13-24(22(18-36)28(38)35(4)14-12-19-8-6-5-7-9-19)33-27(37)25-17-26(41-34-25)21-11-10-20(31)16-23(21)32/h5-11,16-17,22,24H,12-15,18H2,1-4H3,(H,33,37). The maximum atomic E-state index is 14.2. The first kappa shape index (κ1) is 29.7. The molecule has 1 aliphatic heterocycles. The van der Waals surface area contributed by atoms with Crippen molar-refractivity contribution in [2.24, 2.45) is 5.92 Å². The van der Waals surface area contributed by atoms with Gasteiger partial charge in [0.05, 0.1) is 11.5 Å². The number of amides is 3. The van der Waals surface area contributed by atoms with Gasteiger partial charge in [0, 0.05) is 44.9 Å². The molecular formula is C30H34F2N4O5. The van der Waals surface area contributed by atoms with Crippen LogP contribution in [-0.4, -0.2) is 71.2 Å². The molecule has 9 nitrogen and oxygen atoms in total. The van der Waals surface area contributed by atoms with E-state index >= 15 is 0 Å². The molecule has 0 bridgehead atoms. The van der Waals surface area contributed by atoms with E-state index in [4.69, 9.17) is 9.26 Å². The van der Waals surface area contributed by atoms with Crippen LogP contribution in [-0.2, 0) is 16.0 Å². The number of carbonyl (C=O) groups excluding carboxylic acids is 3. The van der Waals surface area contributed by atoms with Crippen molar-refractivity contribution in [3.63, 3.8) is 0 Å². The lowest BCUT2D eigenvalue weighted by atomic mass is 9.90. The zero-order valence-electron chi connectivity index (χ0n) is 23.5. The number of ether oxygens (including phenoxy) is 1. The molecule has 1 saturated heterocycles. The number of benzene rings is 2. The third-order valence-electron chi connectivity index (χ3n) is 6.79. The molecule has 2 aromatic carbocycles. The molecule has 1 aromatic heterocycles. The molecule has 0 radical (unpaired) electrons. The number of hydrogen-bond donors (Lipinski definition) is 1. The topological polar surface area (TPSA) is 105 Å². The van der Waals surface area contributed by atoms with E-state index in [1.165, 1.54) is 17.0 Å². The zero-order chi connectivity index (χ0) is 29.7. The summed E-state index contributed by atoms with van der Waals surface area (Å²) in [6, 6.07) is 13.4. The van der Waals surface area contributed by atoms with Crippen molar-refractivity contribution in [2.45, 2.75) is 45.3 Å². The van der Waals surface area contributed by atoms with Crippen LogP contribution in [0.5, 0.6) is 0 Å². The van der Waals surface area contributed by atoms with Crippen LogP contribution >= 0.6 is 0 Å². The molecule has 1 fully saturated rings. The van der Waals surface area contributed by atoms with Gasteiger partial charge in [-0.3, -0.25) is 9.59 Å². The molecule has 3 aromatic rings. The zero-order valence-corrected chi connectivity index (χ0v) is 23.5. The van der Waals surface area contributed by atoms with Gasteiger partial charge in [-0.25, -0.2) is 13.6 Å². The summed E-state index contributed by atoms with van der Waals surface area (Å²) in [5.41, 5.74) is 0.206. The van der Waals surface area contributed by atoms with Crippen molar-refractivity contribution in [1.82, 2.24) is 20.3 Å². The van der Waals surface area contributed by atoms with Gasteiger partial charge < -0.3 is 24.4 Å². The van der Waals surface area contributed by atoms with Gasteiger partial charge in [-0.2, -0.15) is 0 Å². The summed E-state index contributed by atoms with van der Waals surface area (Å²) in [4.78, 5) is 42.7. The third kappa shape index (κ3) is 7.68. The summed E-state index contributed by atoms with van der Waals surface area (Å²) in [5.74, 6) is -3.24. The molecule has 2 atom stereocenters. The predicted octanol–water partition coefficient (Wildman–Crippen LogP) is 4.68. The highest BCUT2D eigenvalue weighted by atomic mass is 19.1. The second-order valence-corrected chi connectivity index (χ2v) is 11.1. The number of carbonyl (C=O) groups is 3. The summed E-state index contributed by atoms with van der Waals surface area (Å²) in [7, 11) is 1.69. The van der Waals surface area contributed by atoms with E-state index in [-0.39, 0.29) is 36.0 Å². The van der Waals surface area contributed by atoms with Gasteiger partial charge in [0.25, 0.3) is 5.91 Å². The second-order valence-electron chi connectivity index (χ2n) is 11.1. The highest BCUT2D eigenvalue weighted by Gasteiger charge is 2.39. The van der Waals surface area contributed by atoms with Crippen molar-refractivity contribution in [3.8, 4) is 11.3 Å². The Morgan fingerprint density at radius 3 is 2.54 bits per heavy atom. The van der Waals surface area contributed by atoms with Crippen molar-refractivity contribution in [2.75, 3.05) is 26.7 Å². The fraction of sp³-hybridized carbons (Fsp3) is 0.400. The Hall–Kier alpha value is -4.28. The van der Waals surface area contributed by atoms with Crippen LogP contribution < -0.4 is 5.32 Å². The summed E-state index contributed by atoms with van der Waals surface area (Å²) < 4.78 is 38.2. The maximum absolute atomic E-state index is 14.2. The van der Waals surface area contributed by atoms with Crippen LogP contribution in [0.1, 0.15) is 43.2 Å². The van der Waals surface area contributed by atoms with Crippen LogP contribution in [0.15, 0.2) is 59.1 Å². The predicted molar refractivity (Wildman–Crippen MR) is 147 cm³/mol. The SMILES string of the molecule is CN(CCc1ccccc1)C(=O)C1CN(C(=O)OC(C)(C)C)CCC1NC(=O)c1cc(-c2ccc(F)cc2F)on1. The lowest BCUT2D eigenvalue weighted by molar-refractivity contribution is -0.136. The molecule has 1 aliphatic rings. The second kappa shape index (κ2) is 12.5. The highest BCUT2D eigenvalue weighted by Crippen LogP contribution is 2.26. The van der Waals surface area contributed by atoms with Gasteiger partial charge in [-0.15, -0.1) is 0 Å². The Bertz CT molecular complexity index is 1390. The Labute approximate surface area is 237 Å². The first-order valence-electron chi connectivity index (χ1n) is 13.4. The molecule has 11 heteroatoms. The smallest absolute Gasteiger partial charge is 0.410 e. The van der Waals surface area contributed by atoms with E-state index < -0.39 is 41.2 Å². The van der Waals surface area contributed by atoms with Gasteiger partial charge in [0.1, 0.15) is 17.2 Å². The number of aromatic nitrogens is 1. The average Bonchev–Trinajstić information content (AvgIpc) is 3.41. The number of rotatable bonds is 7. The Morgan fingerprint density at radius 2 is 1.85 bits per heavy atom. The Balaban J connectivity index is 1.49. The van der Waals surface area contributed by atoms with Gasteiger partial charge in [0.15, 0.2) is 11.5 Å². The largest absolute Gasteiger partial charge is 0.444 e. The van der Waals surface area contributed by atoms with Crippen molar-refractivity contribution in [1.29, 1.82) is 0 Å². The lowest BCUT2D eigenvalue weighted by Crippen LogP contribution is -2.57. The molecule has 2 unspecified atom stereocenters. The van der Waals surface area contributed by atoms with Crippen molar-refractivity contribution >= 4 is 17.9 Å². The quantitative estimate of drug-likeness (QED) is 0.444. The number of halogens is 2. The first-order chi connectivity index (χ1) is 19.4. The van der Waals surface area contributed by atoms with Crippen molar-refractivity contribution in [3.05, 3.63) is 77.5 Å². The van der Waals surface area contributed by atoms with E-state index in [0.29, 0.717) is 25.5 Å². The van der Waals surface area contributed by atoms with Crippen LogP contribution in [0.25, 0.3) is 11.3 Å². The maximum Gasteiger partial charge on any atom is 0.410 e. The molecule has 0 spiro atoms. The fourth-order valence-electron chi connectivity index (χ4n) is 4.64. The van der Waals surface area contributed by atoms with E-state index in [2.05, 4.69) is 10.5 Å². The average molecular weight is 569 g/mol. The summed E-state index contributed by atoms with van der Waals surface area (Å²) >= 11 is 0. The van der Waals surface area contributed by atoms with Gasteiger partial charge >= 0.3 is 6.09 Å². The minimum Gasteiger partial charge on any atom is -0.444 e. The molecule has 2 heterocycles. The highest BCUT2D eigenvalue weighted by molar-refractivity contribution is 5.94. The van der Waals surface area contributed by atoms with Crippen molar-refractivity contribution < 1.29 is 32.4 Å². The normalized spacial score (nSPS) is 17.2. The number of nitrogens with one attached hydrogen (secondary N) is 1. The molecule has 3 amide bonds. The monoisotopic (exact) mass is 568 g/mol. The Kier molecular flexibility index (Phi) is 9.05. The van der Waals surface area contributed by atoms with E-state index in [1.54, 1.807) is 32.7 Å². The molecule has 41 heavy (non-hydrogen) atoms. The number of likely N-dealkylation sites (tertiary alicyclic amines) is 1. The lowest BCUT2D eigenvalue weighted by Gasteiger charge is -2.39. The molecule has 0 aliphatic carbocycles. The number of nitrogens with zero attached hydrogens (tertiary/aromatic N) is 3. The van der Waals surface area contributed by atoms with Crippen LogP contribution in [0.4, 0.5) is 13.6 Å². The molecular weight excluding hydrogens is 534 g/mol. The third-order valence-corrected chi connectivity index (χ3v) is 6.79. The van der Waals surface area contributed by atoms with Gasteiger partial charge in [0.2, 0.25) is 5.91 Å². The van der Waals surface area contributed by atoms with E-state index in [0.717, 1.165) is 11.6 Å². The minimum atomic E-state index is -0.855. The molecule has 4 rings (SSSR count). The number of piperidine rings is 1. The number of likely N-dealkylation sites (N-methyl/N-ethyl adjacent to an activating group) is 1. The summed E-state index contributed by atoms with van der Waals surface area (Å²) in [6.07, 6.45) is 0.407. The minimum absolute atomic E-state index is 0.0410. The Morgan fingerprint density at radius 1 is 1.12 bits per heavy atom.